The first-order chi connectivity index (χ1) is 11.6. The van der Waals surface area contributed by atoms with Gasteiger partial charge < -0.3 is 14.9 Å². The van der Waals surface area contributed by atoms with Crippen LogP contribution in [0.2, 0.25) is 0 Å². The minimum absolute atomic E-state index is 0.185. The number of carbonyl (C=O) groups is 1. The van der Waals surface area contributed by atoms with Crippen molar-refractivity contribution >= 4 is 5.97 Å². The van der Waals surface area contributed by atoms with Crippen LogP contribution in [-0.2, 0) is 11.2 Å². The predicted octanol–water partition coefficient (Wildman–Crippen LogP) is 4.36. The first-order valence-electron chi connectivity index (χ1n) is 8.88. The number of carboxylic acid groups (broad SMARTS) is 1. The van der Waals surface area contributed by atoms with Gasteiger partial charge in [0.15, 0.2) is 0 Å². The highest BCUT2D eigenvalue weighted by Gasteiger charge is 2.03. The molecule has 0 bridgehead atoms. The second-order valence-corrected chi connectivity index (χ2v) is 6.06. The van der Waals surface area contributed by atoms with E-state index in [9.17, 15) is 9.90 Å². The fourth-order valence-corrected chi connectivity index (χ4v) is 2.33. The summed E-state index contributed by atoms with van der Waals surface area (Å²) in [5.41, 5.74) is 1.32. The van der Waals surface area contributed by atoms with E-state index in [2.05, 4.69) is 19.1 Å². The molecule has 1 rings (SSSR count). The largest absolute Gasteiger partial charge is 0.491 e. The molecule has 1 unspecified atom stereocenters. The molecule has 0 amide bonds. The number of rotatable bonds is 13. The summed E-state index contributed by atoms with van der Waals surface area (Å²) in [5, 5.41) is 18.4. The van der Waals surface area contributed by atoms with Crippen LogP contribution in [0.25, 0.3) is 0 Å². The number of carboxylic acids is 1. The van der Waals surface area contributed by atoms with E-state index >= 15 is 0 Å². The highest BCUT2D eigenvalue weighted by Crippen LogP contribution is 2.15. The molecule has 0 aliphatic carbocycles. The van der Waals surface area contributed by atoms with Crippen molar-refractivity contribution in [1.82, 2.24) is 0 Å². The zero-order chi connectivity index (χ0) is 17.6. The van der Waals surface area contributed by atoms with Gasteiger partial charge in [0.1, 0.15) is 12.4 Å². The third kappa shape index (κ3) is 10.1. The molecule has 1 aromatic carbocycles. The van der Waals surface area contributed by atoms with Gasteiger partial charge in [-0.05, 0) is 49.8 Å². The Labute approximate surface area is 145 Å². The van der Waals surface area contributed by atoms with Crippen molar-refractivity contribution in [2.75, 3.05) is 6.61 Å². The Morgan fingerprint density at radius 2 is 1.92 bits per heavy atom. The minimum Gasteiger partial charge on any atom is -0.491 e. The van der Waals surface area contributed by atoms with Crippen LogP contribution in [0.3, 0.4) is 0 Å². The summed E-state index contributed by atoms with van der Waals surface area (Å²) in [5.74, 6) is 0.00643. The number of ether oxygens (including phenoxy) is 1. The van der Waals surface area contributed by atoms with E-state index in [1.807, 2.05) is 24.3 Å². The maximum Gasteiger partial charge on any atom is 0.303 e. The van der Waals surface area contributed by atoms with E-state index in [1.54, 1.807) is 0 Å². The quantitative estimate of drug-likeness (QED) is 0.415. The highest BCUT2D eigenvalue weighted by molar-refractivity contribution is 5.66. The van der Waals surface area contributed by atoms with E-state index < -0.39 is 12.1 Å². The number of aliphatic carboxylic acids is 1. The summed E-state index contributed by atoms with van der Waals surface area (Å²) < 4.78 is 5.60. The van der Waals surface area contributed by atoms with Crippen molar-refractivity contribution in [2.45, 2.75) is 64.4 Å². The van der Waals surface area contributed by atoms with Crippen LogP contribution in [0.1, 0.15) is 57.4 Å². The minimum atomic E-state index is -0.770. The van der Waals surface area contributed by atoms with E-state index in [1.165, 1.54) is 24.8 Å². The maximum atomic E-state index is 10.4. The molecular weight excluding hydrogens is 304 g/mol. The average Bonchev–Trinajstić information content (AvgIpc) is 2.57. The van der Waals surface area contributed by atoms with Gasteiger partial charge in [0.25, 0.3) is 0 Å². The van der Waals surface area contributed by atoms with Crippen molar-refractivity contribution in [2.24, 2.45) is 0 Å². The Morgan fingerprint density at radius 3 is 2.58 bits per heavy atom. The number of aliphatic hydroxyl groups excluding tert-OH is 1. The van der Waals surface area contributed by atoms with Crippen molar-refractivity contribution in [1.29, 1.82) is 0 Å². The lowest BCUT2D eigenvalue weighted by Gasteiger charge is -2.11. The smallest absolute Gasteiger partial charge is 0.303 e. The zero-order valence-electron chi connectivity index (χ0n) is 14.6. The molecule has 2 N–H and O–H groups in total. The Kier molecular flexibility index (Phi) is 10.6. The van der Waals surface area contributed by atoms with Crippen LogP contribution < -0.4 is 4.74 Å². The number of allylic oxidation sites excluding steroid dienone is 1. The van der Waals surface area contributed by atoms with Crippen molar-refractivity contribution in [3.05, 3.63) is 42.0 Å². The van der Waals surface area contributed by atoms with E-state index in [4.69, 9.17) is 9.84 Å². The number of unbranched alkanes of at least 4 members (excludes halogenated alkanes) is 3. The summed E-state index contributed by atoms with van der Waals surface area (Å²) in [6, 6.07) is 8.07. The predicted molar refractivity (Wildman–Crippen MR) is 96.4 cm³/mol. The van der Waals surface area contributed by atoms with E-state index in [0.29, 0.717) is 12.8 Å². The molecule has 0 heterocycles. The number of aliphatic hydroxyl groups is 1. The molecule has 0 spiro atoms. The first-order valence-corrected chi connectivity index (χ1v) is 8.88. The van der Waals surface area contributed by atoms with Crippen LogP contribution in [0.4, 0.5) is 0 Å². The summed E-state index contributed by atoms with van der Waals surface area (Å²) >= 11 is 0. The number of benzene rings is 1. The van der Waals surface area contributed by atoms with Gasteiger partial charge in [0.05, 0.1) is 6.10 Å². The lowest BCUT2D eigenvalue weighted by Crippen LogP contribution is -2.16. The van der Waals surface area contributed by atoms with Gasteiger partial charge in [-0.3, -0.25) is 4.79 Å². The van der Waals surface area contributed by atoms with Gasteiger partial charge >= 0.3 is 5.97 Å². The fourth-order valence-electron chi connectivity index (χ4n) is 2.33. The second-order valence-electron chi connectivity index (χ2n) is 6.06. The molecule has 0 radical (unpaired) electrons. The van der Waals surface area contributed by atoms with Crippen LogP contribution >= 0.6 is 0 Å². The Hall–Kier alpha value is -1.81. The SMILES string of the molecule is CCCCCc1ccc(OCC(O)C/C=C/CCCC(=O)O)cc1. The van der Waals surface area contributed by atoms with Gasteiger partial charge in [-0.15, -0.1) is 0 Å². The number of aryl methyl sites for hydroxylation is 1. The summed E-state index contributed by atoms with van der Waals surface area (Å²) in [4.78, 5) is 10.4. The number of hydrogen-bond donors (Lipinski definition) is 2. The average molecular weight is 334 g/mol. The summed E-state index contributed by atoms with van der Waals surface area (Å²) in [6.07, 6.45) is 10.1. The molecule has 1 aromatic rings. The molecule has 0 saturated heterocycles. The van der Waals surface area contributed by atoms with Gasteiger partial charge in [0, 0.05) is 6.42 Å². The van der Waals surface area contributed by atoms with Crippen LogP contribution in [0.5, 0.6) is 5.75 Å². The summed E-state index contributed by atoms with van der Waals surface area (Å²) in [6.45, 7) is 2.46. The maximum absolute atomic E-state index is 10.4. The lowest BCUT2D eigenvalue weighted by atomic mass is 10.1. The standard InChI is InChI=1S/C20H30O4/c1-2-3-6-9-17-12-14-19(15-13-17)24-16-18(21)10-7-4-5-8-11-20(22)23/h4,7,12-15,18,21H,2-3,5-6,8-11,16H2,1H3,(H,22,23)/b7-4+. The molecular formula is C20H30O4. The second kappa shape index (κ2) is 12.6. The molecule has 0 aliphatic rings. The molecule has 1 atom stereocenters. The summed E-state index contributed by atoms with van der Waals surface area (Å²) in [7, 11) is 0. The highest BCUT2D eigenvalue weighted by atomic mass is 16.5. The lowest BCUT2D eigenvalue weighted by molar-refractivity contribution is -0.137. The molecule has 24 heavy (non-hydrogen) atoms. The van der Waals surface area contributed by atoms with Crippen LogP contribution in [0.15, 0.2) is 36.4 Å². The van der Waals surface area contributed by atoms with E-state index in [0.717, 1.165) is 18.6 Å². The Bertz CT molecular complexity index is 479. The third-order valence-corrected chi connectivity index (χ3v) is 3.77. The van der Waals surface area contributed by atoms with Crippen LogP contribution in [-0.4, -0.2) is 28.9 Å². The Morgan fingerprint density at radius 1 is 1.17 bits per heavy atom. The zero-order valence-corrected chi connectivity index (χ0v) is 14.6. The van der Waals surface area contributed by atoms with E-state index in [-0.39, 0.29) is 13.0 Å². The van der Waals surface area contributed by atoms with Crippen LogP contribution in [0, 0.1) is 0 Å². The molecule has 0 saturated carbocycles. The number of hydrogen-bond acceptors (Lipinski definition) is 3. The Balaban J connectivity index is 2.18. The molecule has 0 aliphatic heterocycles. The van der Waals surface area contributed by atoms with Gasteiger partial charge in [-0.1, -0.05) is 44.1 Å². The van der Waals surface area contributed by atoms with Crippen molar-refractivity contribution in [3.63, 3.8) is 0 Å². The van der Waals surface area contributed by atoms with Crippen molar-refractivity contribution < 1.29 is 19.7 Å². The van der Waals surface area contributed by atoms with Gasteiger partial charge in [-0.2, -0.15) is 0 Å². The van der Waals surface area contributed by atoms with Gasteiger partial charge in [-0.25, -0.2) is 0 Å². The fraction of sp³-hybridized carbons (Fsp3) is 0.550. The molecule has 0 aromatic heterocycles. The third-order valence-electron chi connectivity index (χ3n) is 3.77. The molecule has 134 valence electrons. The van der Waals surface area contributed by atoms with Gasteiger partial charge in [0.2, 0.25) is 0 Å². The van der Waals surface area contributed by atoms with Crippen molar-refractivity contribution in [3.8, 4) is 5.75 Å². The first kappa shape index (κ1) is 20.2. The molecule has 0 fully saturated rings. The topological polar surface area (TPSA) is 66.8 Å². The normalized spacial score (nSPS) is 12.4. The molecule has 4 heteroatoms. The monoisotopic (exact) mass is 334 g/mol. The molecule has 4 nitrogen and oxygen atoms in total.